The lowest BCUT2D eigenvalue weighted by atomic mass is 10.4. The SMILES string of the molecule is O=S(=O)(NCCc1nccs1)c1ccc(Br)cc1. The molecule has 96 valence electrons. The summed E-state index contributed by atoms with van der Waals surface area (Å²) in [7, 11) is -3.42. The standard InChI is InChI=1S/C11H11BrN2O2S2/c12-9-1-3-10(4-2-9)18(15,16)14-6-5-11-13-7-8-17-11/h1-4,7-8,14H,5-6H2. The lowest BCUT2D eigenvalue weighted by Crippen LogP contribution is -2.25. The second-order valence-electron chi connectivity index (χ2n) is 3.53. The fraction of sp³-hybridized carbons (Fsp3) is 0.182. The fourth-order valence-electron chi connectivity index (χ4n) is 1.37. The summed E-state index contributed by atoms with van der Waals surface area (Å²) in [6.07, 6.45) is 2.32. The minimum Gasteiger partial charge on any atom is -0.250 e. The van der Waals surface area contributed by atoms with Gasteiger partial charge in [0.2, 0.25) is 10.0 Å². The molecule has 1 heterocycles. The van der Waals surface area contributed by atoms with Crippen LogP contribution < -0.4 is 4.72 Å². The highest BCUT2D eigenvalue weighted by molar-refractivity contribution is 9.10. The Hall–Kier alpha value is -0.760. The first-order valence-electron chi connectivity index (χ1n) is 5.21. The summed E-state index contributed by atoms with van der Waals surface area (Å²) < 4.78 is 27.3. The quantitative estimate of drug-likeness (QED) is 0.904. The molecular formula is C11H11BrN2O2S2. The van der Waals surface area contributed by atoms with E-state index in [1.807, 2.05) is 5.38 Å². The minimum absolute atomic E-state index is 0.268. The highest BCUT2D eigenvalue weighted by Gasteiger charge is 2.12. The van der Waals surface area contributed by atoms with Crippen molar-refractivity contribution >= 4 is 37.3 Å². The maximum absolute atomic E-state index is 11.9. The number of aromatic nitrogens is 1. The Kier molecular flexibility index (Phi) is 4.50. The molecule has 0 aliphatic carbocycles. The first-order chi connectivity index (χ1) is 8.58. The third-order valence-electron chi connectivity index (χ3n) is 2.24. The van der Waals surface area contributed by atoms with Crippen LogP contribution in [0, 0.1) is 0 Å². The molecular weight excluding hydrogens is 336 g/mol. The number of hydrogen-bond donors (Lipinski definition) is 1. The van der Waals surface area contributed by atoms with Crippen molar-refractivity contribution in [1.82, 2.24) is 9.71 Å². The first-order valence-corrected chi connectivity index (χ1v) is 8.37. The molecule has 18 heavy (non-hydrogen) atoms. The molecule has 0 fully saturated rings. The lowest BCUT2D eigenvalue weighted by Gasteiger charge is -2.05. The first kappa shape index (κ1) is 13.7. The maximum Gasteiger partial charge on any atom is 0.240 e. The third kappa shape index (κ3) is 3.61. The Morgan fingerprint density at radius 2 is 2.00 bits per heavy atom. The second-order valence-corrected chi connectivity index (χ2v) is 7.19. The smallest absolute Gasteiger partial charge is 0.240 e. The molecule has 1 aromatic carbocycles. The zero-order chi connectivity index (χ0) is 13.0. The molecule has 0 bridgehead atoms. The van der Waals surface area contributed by atoms with Crippen molar-refractivity contribution in [3.63, 3.8) is 0 Å². The maximum atomic E-state index is 11.9. The highest BCUT2D eigenvalue weighted by Crippen LogP contribution is 2.14. The predicted octanol–water partition coefficient (Wildman–Crippen LogP) is 2.43. The van der Waals surface area contributed by atoms with Crippen LogP contribution >= 0.6 is 27.3 Å². The minimum atomic E-state index is -3.42. The van der Waals surface area contributed by atoms with Crippen LogP contribution in [0.25, 0.3) is 0 Å². The molecule has 0 aliphatic heterocycles. The van der Waals surface area contributed by atoms with Crippen LogP contribution in [0.15, 0.2) is 45.2 Å². The van der Waals surface area contributed by atoms with Crippen molar-refractivity contribution < 1.29 is 8.42 Å². The Bertz CT molecular complexity index is 594. The zero-order valence-corrected chi connectivity index (χ0v) is 12.6. The van der Waals surface area contributed by atoms with E-state index in [0.717, 1.165) is 9.48 Å². The van der Waals surface area contributed by atoms with Crippen LogP contribution in [-0.2, 0) is 16.4 Å². The van der Waals surface area contributed by atoms with Gasteiger partial charge in [-0.2, -0.15) is 0 Å². The van der Waals surface area contributed by atoms with Gasteiger partial charge in [0, 0.05) is 29.0 Å². The van der Waals surface area contributed by atoms with Crippen molar-refractivity contribution in [3.8, 4) is 0 Å². The molecule has 1 aromatic heterocycles. The molecule has 2 rings (SSSR count). The molecule has 7 heteroatoms. The molecule has 0 spiro atoms. The summed E-state index contributed by atoms with van der Waals surface area (Å²) >= 11 is 4.79. The van der Waals surface area contributed by atoms with Crippen molar-refractivity contribution in [3.05, 3.63) is 45.3 Å². The van der Waals surface area contributed by atoms with Crippen molar-refractivity contribution in [2.24, 2.45) is 0 Å². The topological polar surface area (TPSA) is 59.1 Å². The number of benzene rings is 1. The highest BCUT2D eigenvalue weighted by atomic mass is 79.9. The molecule has 0 radical (unpaired) electrons. The largest absolute Gasteiger partial charge is 0.250 e. The lowest BCUT2D eigenvalue weighted by molar-refractivity contribution is 0.581. The summed E-state index contributed by atoms with van der Waals surface area (Å²) in [6.45, 7) is 0.353. The Labute approximate surface area is 118 Å². The van der Waals surface area contributed by atoms with Gasteiger partial charge in [0.05, 0.1) is 9.90 Å². The van der Waals surface area contributed by atoms with Crippen LogP contribution in [-0.4, -0.2) is 19.9 Å². The van der Waals surface area contributed by atoms with E-state index in [0.29, 0.717) is 13.0 Å². The average Bonchev–Trinajstić information content (AvgIpc) is 2.82. The number of thiazole rings is 1. The number of nitrogens with one attached hydrogen (secondary N) is 1. The molecule has 0 aliphatic rings. The third-order valence-corrected chi connectivity index (χ3v) is 5.08. The van der Waals surface area contributed by atoms with E-state index < -0.39 is 10.0 Å². The van der Waals surface area contributed by atoms with Gasteiger partial charge >= 0.3 is 0 Å². The number of hydrogen-bond acceptors (Lipinski definition) is 4. The predicted molar refractivity (Wildman–Crippen MR) is 75.1 cm³/mol. The van der Waals surface area contributed by atoms with Gasteiger partial charge in [-0.3, -0.25) is 0 Å². The summed E-state index contributed by atoms with van der Waals surface area (Å²) in [6, 6.07) is 6.54. The number of halogens is 1. The summed E-state index contributed by atoms with van der Waals surface area (Å²) in [5, 5.41) is 2.80. The molecule has 2 aromatic rings. The van der Waals surface area contributed by atoms with E-state index >= 15 is 0 Å². The second kappa shape index (κ2) is 5.92. The Balaban J connectivity index is 1.97. The zero-order valence-electron chi connectivity index (χ0n) is 9.34. The molecule has 4 nitrogen and oxygen atoms in total. The molecule has 0 saturated heterocycles. The van der Waals surface area contributed by atoms with Gasteiger partial charge in [0.15, 0.2) is 0 Å². The average molecular weight is 347 g/mol. The summed E-state index contributed by atoms with van der Waals surface area (Å²) in [5.41, 5.74) is 0. The van der Waals surface area contributed by atoms with Crippen LogP contribution in [0.2, 0.25) is 0 Å². The van der Waals surface area contributed by atoms with Gasteiger partial charge in [0.25, 0.3) is 0 Å². The molecule has 0 amide bonds. The molecule has 0 saturated carbocycles. The molecule has 0 atom stereocenters. The molecule has 0 unspecified atom stereocenters. The summed E-state index contributed by atoms with van der Waals surface area (Å²) in [5.74, 6) is 0. The van der Waals surface area contributed by atoms with Crippen LogP contribution in [0.4, 0.5) is 0 Å². The van der Waals surface area contributed by atoms with E-state index in [2.05, 4.69) is 25.6 Å². The van der Waals surface area contributed by atoms with Gasteiger partial charge in [-0.15, -0.1) is 11.3 Å². The fourth-order valence-corrected chi connectivity index (χ4v) is 3.28. The van der Waals surface area contributed by atoms with Gasteiger partial charge in [-0.25, -0.2) is 18.1 Å². The normalized spacial score (nSPS) is 11.6. The van der Waals surface area contributed by atoms with Gasteiger partial charge in [-0.1, -0.05) is 15.9 Å². The van der Waals surface area contributed by atoms with Gasteiger partial charge in [-0.05, 0) is 24.3 Å². The Morgan fingerprint density at radius 1 is 1.28 bits per heavy atom. The van der Waals surface area contributed by atoms with E-state index in [-0.39, 0.29) is 4.90 Å². The van der Waals surface area contributed by atoms with Crippen molar-refractivity contribution in [2.45, 2.75) is 11.3 Å². The van der Waals surface area contributed by atoms with Crippen molar-refractivity contribution in [2.75, 3.05) is 6.54 Å². The van der Waals surface area contributed by atoms with E-state index in [9.17, 15) is 8.42 Å². The number of nitrogens with zero attached hydrogens (tertiary/aromatic N) is 1. The van der Waals surface area contributed by atoms with Gasteiger partial charge < -0.3 is 0 Å². The molecule has 1 N–H and O–H groups in total. The van der Waals surface area contributed by atoms with E-state index in [4.69, 9.17) is 0 Å². The number of sulfonamides is 1. The summed E-state index contributed by atoms with van der Waals surface area (Å²) in [4.78, 5) is 4.37. The number of rotatable bonds is 5. The Morgan fingerprint density at radius 3 is 2.61 bits per heavy atom. The van der Waals surface area contributed by atoms with E-state index in [1.165, 1.54) is 11.3 Å². The van der Waals surface area contributed by atoms with Crippen LogP contribution in [0.3, 0.4) is 0 Å². The van der Waals surface area contributed by atoms with Gasteiger partial charge in [0.1, 0.15) is 0 Å². The van der Waals surface area contributed by atoms with Crippen LogP contribution in [0.5, 0.6) is 0 Å². The monoisotopic (exact) mass is 346 g/mol. The van der Waals surface area contributed by atoms with Crippen LogP contribution in [0.1, 0.15) is 5.01 Å². The van der Waals surface area contributed by atoms with E-state index in [1.54, 1.807) is 30.5 Å². The van der Waals surface area contributed by atoms with Crippen molar-refractivity contribution in [1.29, 1.82) is 0 Å².